The fourth-order valence-electron chi connectivity index (χ4n) is 3.41. The van der Waals surface area contributed by atoms with E-state index in [2.05, 4.69) is 18.2 Å². The van der Waals surface area contributed by atoms with Crippen molar-refractivity contribution in [2.24, 2.45) is 17.1 Å². The Morgan fingerprint density at radius 3 is 2.95 bits per heavy atom. The van der Waals surface area contributed by atoms with Crippen LogP contribution in [0, 0.1) is 11.3 Å². The monoisotopic (exact) mass is 261 g/mol. The lowest BCUT2D eigenvalue weighted by Gasteiger charge is -2.33. The van der Waals surface area contributed by atoms with Crippen molar-refractivity contribution in [3.8, 4) is 5.75 Å². The van der Waals surface area contributed by atoms with Gasteiger partial charge < -0.3 is 15.2 Å². The zero-order valence-electron chi connectivity index (χ0n) is 11.6. The Bertz CT molecular complexity index is 444. The number of ether oxygens (including phenoxy) is 2. The molecule has 1 saturated heterocycles. The van der Waals surface area contributed by atoms with Crippen LogP contribution >= 0.6 is 0 Å². The van der Waals surface area contributed by atoms with Crippen LogP contribution in [0.2, 0.25) is 0 Å². The van der Waals surface area contributed by atoms with E-state index >= 15 is 0 Å². The van der Waals surface area contributed by atoms with Crippen molar-refractivity contribution in [2.45, 2.75) is 31.8 Å². The van der Waals surface area contributed by atoms with Gasteiger partial charge in [-0.05, 0) is 49.3 Å². The van der Waals surface area contributed by atoms with E-state index in [1.807, 2.05) is 6.07 Å². The second kappa shape index (κ2) is 5.14. The van der Waals surface area contributed by atoms with E-state index in [-0.39, 0.29) is 5.41 Å². The van der Waals surface area contributed by atoms with E-state index in [1.54, 1.807) is 7.11 Å². The summed E-state index contributed by atoms with van der Waals surface area (Å²) < 4.78 is 11.3. The molecule has 1 saturated carbocycles. The normalized spacial score (nSPS) is 30.5. The molecule has 1 heterocycles. The minimum Gasteiger partial charge on any atom is -0.497 e. The summed E-state index contributed by atoms with van der Waals surface area (Å²) in [6.07, 6.45) is 5.07. The van der Waals surface area contributed by atoms with Crippen LogP contribution < -0.4 is 10.5 Å². The summed E-state index contributed by atoms with van der Waals surface area (Å²) in [4.78, 5) is 0. The van der Waals surface area contributed by atoms with E-state index in [9.17, 15) is 0 Å². The van der Waals surface area contributed by atoms with Crippen molar-refractivity contribution in [3.63, 3.8) is 0 Å². The molecule has 2 N–H and O–H groups in total. The van der Waals surface area contributed by atoms with E-state index in [0.717, 1.165) is 31.1 Å². The van der Waals surface area contributed by atoms with Gasteiger partial charge in [0.1, 0.15) is 5.75 Å². The smallest absolute Gasteiger partial charge is 0.119 e. The van der Waals surface area contributed by atoms with Gasteiger partial charge in [0.15, 0.2) is 0 Å². The Kier molecular flexibility index (Phi) is 3.50. The third kappa shape index (κ3) is 2.49. The number of hydrogen-bond acceptors (Lipinski definition) is 3. The van der Waals surface area contributed by atoms with Crippen molar-refractivity contribution in [3.05, 3.63) is 29.8 Å². The van der Waals surface area contributed by atoms with Gasteiger partial charge in [-0.15, -0.1) is 0 Å². The van der Waals surface area contributed by atoms with Gasteiger partial charge in [-0.3, -0.25) is 0 Å². The standard InChI is InChI=1S/C16H23NO2/c1-18-14-4-2-3-12(9-14)10-16(11-17)7-8-19-15(16)13-5-6-13/h2-4,9,13,15H,5-8,10-11,17H2,1H3. The maximum Gasteiger partial charge on any atom is 0.119 e. The number of benzene rings is 1. The summed E-state index contributed by atoms with van der Waals surface area (Å²) in [5.74, 6) is 1.67. The second-order valence-electron chi connectivity index (χ2n) is 5.97. The molecule has 0 spiro atoms. The summed E-state index contributed by atoms with van der Waals surface area (Å²) in [5.41, 5.74) is 7.57. The van der Waals surface area contributed by atoms with Gasteiger partial charge in [0.2, 0.25) is 0 Å². The van der Waals surface area contributed by atoms with Gasteiger partial charge in [-0.25, -0.2) is 0 Å². The fourth-order valence-corrected chi connectivity index (χ4v) is 3.41. The number of rotatable bonds is 5. The lowest BCUT2D eigenvalue weighted by molar-refractivity contribution is 0.0345. The average molecular weight is 261 g/mol. The lowest BCUT2D eigenvalue weighted by Crippen LogP contribution is -2.41. The average Bonchev–Trinajstić information content (AvgIpc) is 3.21. The maximum absolute atomic E-state index is 6.13. The molecule has 0 amide bonds. The molecule has 2 unspecified atom stereocenters. The van der Waals surface area contributed by atoms with E-state index in [1.165, 1.54) is 18.4 Å². The number of methoxy groups -OCH3 is 1. The minimum atomic E-state index is 0.132. The Morgan fingerprint density at radius 2 is 2.26 bits per heavy atom. The topological polar surface area (TPSA) is 44.5 Å². The predicted molar refractivity (Wildman–Crippen MR) is 75.3 cm³/mol. The zero-order valence-corrected chi connectivity index (χ0v) is 11.6. The molecule has 1 aromatic carbocycles. The molecule has 3 nitrogen and oxygen atoms in total. The first-order valence-electron chi connectivity index (χ1n) is 7.22. The first-order chi connectivity index (χ1) is 9.27. The molecule has 104 valence electrons. The van der Waals surface area contributed by atoms with Crippen LogP contribution in [0.5, 0.6) is 5.75 Å². The van der Waals surface area contributed by atoms with Crippen LogP contribution in [0.25, 0.3) is 0 Å². The molecule has 1 aromatic rings. The van der Waals surface area contributed by atoms with Crippen molar-refractivity contribution in [1.29, 1.82) is 0 Å². The molecule has 0 aromatic heterocycles. The highest BCUT2D eigenvalue weighted by Gasteiger charge is 2.50. The highest BCUT2D eigenvalue weighted by Crippen LogP contribution is 2.49. The summed E-state index contributed by atoms with van der Waals surface area (Å²) in [5, 5.41) is 0. The zero-order chi connectivity index (χ0) is 13.3. The first-order valence-corrected chi connectivity index (χ1v) is 7.22. The second-order valence-corrected chi connectivity index (χ2v) is 5.97. The Morgan fingerprint density at radius 1 is 1.42 bits per heavy atom. The molecule has 0 bridgehead atoms. The van der Waals surface area contributed by atoms with Gasteiger partial charge in [-0.1, -0.05) is 12.1 Å². The van der Waals surface area contributed by atoms with Crippen molar-refractivity contribution in [1.82, 2.24) is 0 Å². The van der Waals surface area contributed by atoms with Crippen molar-refractivity contribution >= 4 is 0 Å². The number of hydrogen-bond donors (Lipinski definition) is 1. The molecular formula is C16H23NO2. The van der Waals surface area contributed by atoms with Gasteiger partial charge >= 0.3 is 0 Å². The van der Waals surface area contributed by atoms with Gasteiger partial charge in [0.25, 0.3) is 0 Å². The molecule has 2 fully saturated rings. The van der Waals surface area contributed by atoms with Gasteiger partial charge in [0.05, 0.1) is 13.2 Å². The largest absolute Gasteiger partial charge is 0.497 e. The molecule has 19 heavy (non-hydrogen) atoms. The summed E-state index contributed by atoms with van der Waals surface area (Å²) >= 11 is 0. The first kappa shape index (κ1) is 12.9. The minimum absolute atomic E-state index is 0.132. The van der Waals surface area contributed by atoms with Gasteiger partial charge in [0, 0.05) is 18.6 Å². The summed E-state index contributed by atoms with van der Waals surface area (Å²) in [6.45, 7) is 1.58. The predicted octanol–water partition coefficient (Wildman–Crippen LogP) is 2.38. The van der Waals surface area contributed by atoms with Crippen LogP contribution in [-0.2, 0) is 11.2 Å². The molecular weight excluding hydrogens is 238 g/mol. The van der Waals surface area contributed by atoms with Crippen LogP contribution in [0.15, 0.2) is 24.3 Å². The van der Waals surface area contributed by atoms with Crippen LogP contribution in [0.3, 0.4) is 0 Å². The molecule has 2 aliphatic rings. The van der Waals surface area contributed by atoms with E-state index in [0.29, 0.717) is 12.6 Å². The van der Waals surface area contributed by atoms with Gasteiger partial charge in [-0.2, -0.15) is 0 Å². The fraction of sp³-hybridized carbons (Fsp3) is 0.625. The lowest BCUT2D eigenvalue weighted by atomic mass is 9.74. The molecule has 2 atom stereocenters. The molecule has 3 heteroatoms. The van der Waals surface area contributed by atoms with Crippen molar-refractivity contribution in [2.75, 3.05) is 20.3 Å². The quantitative estimate of drug-likeness (QED) is 0.885. The molecule has 1 aliphatic heterocycles. The van der Waals surface area contributed by atoms with Crippen LogP contribution in [0.1, 0.15) is 24.8 Å². The summed E-state index contributed by atoms with van der Waals surface area (Å²) in [7, 11) is 1.71. The third-order valence-electron chi connectivity index (χ3n) is 4.65. The molecule has 0 radical (unpaired) electrons. The van der Waals surface area contributed by atoms with Crippen molar-refractivity contribution < 1.29 is 9.47 Å². The van der Waals surface area contributed by atoms with E-state index < -0.39 is 0 Å². The maximum atomic E-state index is 6.13. The highest BCUT2D eigenvalue weighted by atomic mass is 16.5. The Labute approximate surface area is 115 Å². The third-order valence-corrected chi connectivity index (χ3v) is 4.65. The van der Waals surface area contributed by atoms with Crippen LogP contribution in [-0.4, -0.2) is 26.4 Å². The highest BCUT2D eigenvalue weighted by molar-refractivity contribution is 5.29. The number of nitrogens with two attached hydrogens (primary N) is 1. The Hall–Kier alpha value is -1.06. The Balaban J connectivity index is 1.81. The van der Waals surface area contributed by atoms with Crippen LogP contribution in [0.4, 0.5) is 0 Å². The summed E-state index contributed by atoms with van der Waals surface area (Å²) in [6, 6.07) is 8.34. The van der Waals surface area contributed by atoms with E-state index in [4.69, 9.17) is 15.2 Å². The molecule has 3 rings (SSSR count). The SMILES string of the molecule is COc1cccc(CC2(CN)CCOC2C2CC2)c1. The molecule has 1 aliphatic carbocycles.